The van der Waals surface area contributed by atoms with Gasteiger partial charge in [-0.2, -0.15) is 11.8 Å². The number of carbonyl (C=O) groups excluding carboxylic acids is 2. The average molecular weight is 423 g/mol. The maximum atomic E-state index is 13.1. The molecule has 4 rings (SSSR count). The lowest BCUT2D eigenvalue weighted by atomic mass is 10.0. The Labute approximate surface area is 180 Å². The second kappa shape index (κ2) is 9.39. The van der Waals surface area contributed by atoms with E-state index in [2.05, 4.69) is 10.6 Å². The third-order valence-corrected chi connectivity index (χ3v) is 6.76. The minimum Gasteiger partial charge on any atom is -0.451 e. The van der Waals surface area contributed by atoms with Crippen molar-refractivity contribution in [2.75, 3.05) is 10.6 Å². The van der Waals surface area contributed by atoms with Crippen molar-refractivity contribution in [1.82, 2.24) is 0 Å². The van der Waals surface area contributed by atoms with Gasteiger partial charge < -0.3 is 15.1 Å². The number of hydrogen-bond acceptors (Lipinski definition) is 4. The molecule has 2 amide bonds. The molecule has 1 aliphatic carbocycles. The van der Waals surface area contributed by atoms with Gasteiger partial charge in [-0.05, 0) is 37.1 Å². The fourth-order valence-electron chi connectivity index (χ4n) is 3.92. The first-order valence-electron chi connectivity index (χ1n) is 10.4. The Bertz CT molecular complexity index is 1050. The van der Waals surface area contributed by atoms with Crippen molar-refractivity contribution in [3.63, 3.8) is 0 Å². The number of anilines is 2. The van der Waals surface area contributed by atoms with Crippen molar-refractivity contribution in [2.45, 2.75) is 50.0 Å². The largest absolute Gasteiger partial charge is 0.451 e. The number of fused-ring (bicyclic) bond motifs is 1. The van der Waals surface area contributed by atoms with Crippen LogP contribution in [0.1, 0.15) is 55.1 Å². The Morgan fingerprint density at radius 1 is 1.00 bits per heavy atom. The number of amides is 2. The summed E-state index contributed by atoms with van der Waals surface area (Å²) in [7, 11) is 0. The SMILES string of the molecule is CC(=O)Nc1cccc(NC(=O)c2oc3ccccc3c2CSC2CCCCC2)c1. The fourth-order valence-corrected chi connectivity index (χ4v) is 5.28. The summed E-state index contributed by atoms with van der Waals surface area (Å²) in [6, 6.07) is 14.9. The number of rotatable bonds is 6. The van der Waals surface area contributed by atoms with E-state index in [-0.39, 0.29) is 11.8 Å². The summed E-state index contributed by atoms with van der Waals surface area (Å²) in [6.07, 6.45) is 6.41. The first-order valence-corrected chi connectivity index (χ1v) is 11.5. The topological polar surface area (TPSA) is 71.3 Å². The molecular formula is C24H26N2O3S. The van der Waals surface area contributed by atoms with Crippen molar-refractivity contribution >= 4 is 45.9 Å². The summed E-state index contributed by atoms with van der Waals surface area (Å²) in [5, 5.41) is 7.30. The van der Waals surface area contributed by atoms with E-state index in [1.807, 2.05) is 36.0 Å². The monoisotopic (exact) mass is 422 g/mol. The molecule has 0 radical (unpaired) electrons. The van der Waals surface area contributed by atoms with Gasteiger partial charge in [0, 0.05) is 40.3 Å². The summed E-state index contributed by atoms with van der Waals surface area (Å²) in [5.74, 6) is 0.698. The lowest BCUT2D eigenvalue weighted by Crippen LogP contribution is -2.14. The minimum atomic E-state index is -0.273. The van der Waals surface area contributed by atoms with Gasteiger partial charge in [0.15, 0.2) is 5.76 Å². The number of carbonyl (C=O) groups is 2. The van der Waals surface area contributed by atoms with Gasteiger partial charge in [0.2, 0.25) is 5.91 Å². The number of nitrogens with one attached hydrogen (secondary N) is 2. The van der Waals surface area contributed by atoms with Gasteiger partial charge in [-0.3, -0.25) is 9.59 Å². The van der Waals surface area contributed by atoms with Crippen LogP contribution in [0.3, 0.4) is 0 Å². The maximum absolute atomic E-state index is 13.1. The zero-order chi connectivity index (χ0) is 20.9. The highest BCUT2D eigenvalue weighted by Gasteiger charge is 2.22. The van der Waals surface area contributed by atoms with Crippen LogP contribution in [0, 0.1) is 0 Å². The Morgan fingerprint density at radius 2 is 1.73 bits per heavy atom. The second-order valence-corrected chi connectivity index (χ2v) is 8.98. The van der Waals surface area contributed by atoms with E-state index in [0.29, 0.717) is 22.4 Å². The number of benzene rings is 2. The molecule has 0 atom stereocenters. The third-order valence-electron chi connectivity index (χ3n) is 5.36. The van der Waals surface area contributed by atoms with Gasteiger partial charge in [-0.15, -0.1) is 0 Å². The van der Waals surface area contributed by atoms with Crippen LogP contribution in [-0.4, -0.2) is 17.1 Å². The normalized spacial score (nSPS) is 14.6. The van der Waals surface area contributed by atoms with Crippen LogP contribution in [0.2, 0.25) is 0 Å². The minimum absolute atomic E-state index is 0.155. The molecule has 1 aliphatic rings. The van der Waals surface area contributed by atoms with Crippen LogP contribution in [0.4, 0.5) is 11.4 Å². The summed E-state index contributed by atoms with van der Waals surface area (Å²) in [6.45, 7) is 1.45. The first kappa shape index (κ1) is 20.5. The van der Waals surface area contributed by atoms with Gasteiger partial charge in [-0.1, -0.05) is 43.5 Å². The van der Waals surface area contributed by atoms with Gasteiger partial charge in [0.1, 0.15) is 5.58 Å². The smallest absolute Gasteiger partial charge is 0.291 e. The Hall–Kier alpha value is -2.73. The van der Waals surface area contributed by atoms with Gasteiger partial charge >= 0.3 is 0 Å². The van der Waals surface area contributed by atoms with E-state index in [4.69, 9.17) is 4.42 Å². The highest BCUT2D eigenvalue weighted by molar-refractivity contribution is 7.99. The molecule has 1 fully saturated rings. The molecule has 30 heavy (non-hydrogen) atoms. The molecule has 1 saturated carbocycles. The zero-order valence-corrected chi connectivity index (χ0v) is 17.9. The van der Waals surface area contributed by atoms with Crippen molar-refractivity contribution in [3.05, 3.63) is 59.9 Å². The Kier molecular flexibility index (Phi) is 6.43. The quantitative estimate of drug-likeness (QED) is 0.495. The Balaban J connectivity index is 1.56. The summed E-state index contributed by atoms with van der Waals surface area (Å²) in [5.41, 5.74) is 2.93. The Morgan fingerprint density at radius 3 is 2.50 bits per heavy atom. The molecule has 0 unspecified atom stereocenters. The molecule has 5 nitrogen and oxygen atoms in total. The van der Waals surface area contributed by atoms with Crippen molar-refractivity contribution in [1.29, 1.82) is 0 Å². The highest BCUT2D eigenvalue weighted by Crippen LogP contribution is 2.35. The van der Waals surface area contributed by atoms with Crippen molar-refractivity contribution in [2.24, 2.45) is 0 Å². The number of furan rings is 1. The van der Waals surface area contributed by atoms with Gasteiger partial charge in [0.25, 0.3) is 5.91 Å². The predicted molar refractivity (Wildman–Crippen MR) is 123 cm³/mol. The highest BCUT2D eigenvalue weighted by atomic mass is 32.2. The zero-order valence-electron chi connectivity index (χ0n) is 17.1. The molecule has 6 heteroatoms. The van der Waals surface area contributed by atoms with Crippen LogP contribution in [-0.2, 0) is 10.5 Å². The molecule has 0 spiro atoms. The summed E-state index contributed by atoms with van der Waals surface area (Å²) >= 11 is 1.93. The lowest BCUT2D eigenvalue weighted by molar-refractivity contribution is -0.114. The van der Waals surface area contributed by atoms with Crippen LogP contribution in [0.5, 0.6) is 0 Å². The molecule has 0 aliphatic heterocycles. The molecule has 0 bridgehead atoms. The van der Waals surface area contributed by atoms with E-state index in [1.165, 1.54) is 39.0 Å². The molecule has 0 saturated heterocycles. The number of hydrogen-bond donors (Lipinski definition) is 2. The second-order valence-electron chi connectivity index (χ2n) is 7.69. The number of thioether (sulfide) groups is 1. The van der Waals surface area contributed by atoms with Crippen LogP contribution in [0.25, 0.3) is 11.0 Å². The van der Waals surface area contributed by atoms with E-state index < -0.39 is 0 Å². The fraction of sp³-hybridized carbons (Fsp3) is 0.333. The van der Waals surface area contributed by atoms with E-state index in [9.17, 15) is 9.59 Å². The maximum Gasteiger partial charge on any atom is 0.291 e. The molecule has 3 aromatic rings. The molecule has 2 N–H and O–H groups in total. The van der Waals surface area contributed by atoms with Crippen LogP contribution < -0.4 is 10.6 Å². The first-order chi connectivity index (χ1) is 14.6. The molecule has 1 aromatic heterocycles. The van der Waals surface area contributed by atoms with E-state index in [0.717, 1.165) is 22.3 Å². The summed E-state index contributed by atoms with van der Waals surface area (Å²) < 4.78 is 5.97. The van der Waals surface area contributed by atoms with Gasteiger partial charge in [0.05, 0.1) is 0 Å². The lowest BCUT2D eigenvalue weighted by Gasteiger charge is -2.20. The van der Waals surface area contributed by atoms with E-state index >= 15 is 0 Å². The van der Waals surface area contributed by atoms with Crippen molar-refractivity contribution < 1.29 is 14.0 Å². The molecule has 1 heterocycles. The van der Waals surface area contributed by atoms with Crippen molar-refractivity contribution in [3.8, 4) is 0 Å². The summed E-state index contributed by atoms with van der Waals surface area (Å²) in [4.78, 5) is 24.4. The molecule has 156 valence electrons. The third kappa shape index (κ3) is 4.87. The molecular weight excluding hydrogens is 396 g/mol. The molecule has 2 aromatic carbocycles. The standard InChI is InChI=1S/C24H26N2O3S/c1-16(27)25-17-8-7-9-18(14-17)26-24(28)23-21(15-30-19-10-3-2-4-11-19)20-12-5-6-13-22(20)29-23/h5-9,12-14,19H,2-4,10-11,15H2,1H3,(H,25,27)(H,26,28). The predicted octanol–water partition coefficient (Wildman–Crippen LogP) is 6.21. The van der Waals surface area contributed by atoms with Crippen LogP contribution in [0.15, 0.2) is 52.9 Å². The van der Waals surface area contributed by atoms with E-state index in [1.54, 1.807) is 24.3 Å². The number of para-hydroxylation sites is 1. The average Bonchev–Trinajstić information content (AvgIpc) is 3.11. The van der Waals surface area contributed by atoms with Crippen LogP contribution >= 0.6 is 11.8 Å². The van der Waals surface area contributed by atoms with Gasteiger partial charge in [-0.25, -0.2) is 0 Å².